The van der Waals surface area contributed by atoms with E-state index in [4.69, 9.17) is 18.9 Å². The van der Waals surface area contributed by atoms with Gasteiger partial charge in [-0.2, -0.15) is 0 Å². The predicted octanol–water partition coefficient (Wildman–Crippen LogP) is 2.51. The molecule has 0 aliphatic carbocycles. The third-order valence-corrected chi connectivity index (χ3v) is 3.29. The lowest BCUT2D eigenvalue weighted by molar-refractivity contribution is -0.119. The number of hydrogen-bond acceptors (Lipinski definition) is 6. The molecule has 0 saturated heterocycles. The monoisotopic (exact) mass is 345 g/mol. The van der Waals surface area contributed by atoms with Crippen LogP contribution in [0.4, 0.5) is 5.69 Å². The minimum absolute atomic E-state index is 0.182. The van der Waals surface area contributed by atoms with Crippen LogP contribution in [0.2, 0.25) is 0 Å². The maximum atomic E-state index is 12.2. The van der Waals surface area contributed by atoms with Crippen LogP contribution in [0.3, 0.4) is 0 Å². The highest BCUT2D eigenvalue weighted by Crippen LogP contribution is 2.38. The number of para-hydroxylation sites is 1. The third kappa shape index (κ3) is 4.63. The van der Waals surface area contributed by atoms with Crippen molar-refractivity contribution in [3.05, 3.63) is 48.0 Å². The Balaban J connectivity index is 2.04. The predicted molar refractivity (Wildman–Crippen MR) is 91.5 cm³/mol. The number of carbonyl (C=O) groups excluding carboxylic acids is 2. The van der Waals surface area contributed by atoms with Gasteiger partial charge in [0.2, 0.25) is 5.75 Å². The Hall–Kier alpha value is -3.22. The third-order valence-electron chi connectivity index (χ3n) is 3.29. The fourth-order valence-corrected chi connectivity index (χ4v) is 2.13. The van der Waals surface area contributed by atoms with E-state index in [-0.39, 0.29) is 5.56 Å². The molecule has 0 bridgehead atoms. The van der Waals surface area contributed by atoms with Crippen molar-refractivity contribution in [2.24, 2.45) is 0 Å². The van der Waals surface area contributed by atoms with Gasteiger partial charge in [0.15, 0.2) is 18.1 Å². The molecular formula is C18H19NO6. The lowest BCUT2D eigenvalue weighted by atomic mass is 10.2. The van der Waals surface area contributed by atoms with E-state index in [1.807, 2.05) is 6.07 Å². The summed E-state index contributed by atoms with van der Waals surface area (Å²) >= 11 is 0. The normalized spacial score (nSPS) is 9.88. The second-order valence-corrected chi connectivity index (χ2v) is 4.90. The summed E-state index contributed by atoms with van der Waals surface area (Å²) in [4.78, 5) is 24.0. The lowest BCUT2D eigenvalue weighted by Gasteiger charge is -2.13. The number of methoxy groups -OCH3 is 3. The van der Waals surface area contributed by atoms with Crippen molar-refractivity contribution in [2.75, 3.05) is 33.3 Å². The minimum atomic E-state index is -0.678. The number of hydrogen-bond donors (Lipinski definition) is 1. The van der Waals surface area contributed by atoms with Crippen LogP contribution in [0.15, 0.2) is 42.5 Å². The van der Waals surface area contributed by atoms with Gasteiger partial charge >= 0.3 is 5.97 Å². The van der Waals surface area contributed by atoms with Gasteiger partial charge in [-0.05, 0) is 24.3 Å². The molecule has 2 rings (SSSR count). The maximum absolute atomic E-state index is 12.2. The highest BCUT2D eigenvalue weighted by Gasteiger charge is 2.18. The number of carbonyl (C=O) groups is 2. The van der Waals surface area contributed by atoms with Gasteiger partial charge in [0.1, 0.15) is 0 Å². The van der Waals surface area contributed by atoms with Crippen molar-refractivity contribution in [1.82, 2.24) is 0 Å². The van der Waals surface area contributed by atoms with Crippen LogP contribution < -0.4 is 19.5 Å². The van der Waals surface area contributed by atoms with Crippen molar-refractivity contribution in [3.8, 4) is 17.2 Å². The molecule has 0 fully saturated rings. The molecule has 0 spiro atoms. The summed E-state index contributed by atoms with van der Waals surface area (Å²) in [7, 11) is 4.35. The molecule has 132 valence electrons. The van der Waals surface area contributed by atoms with Gasteiger partial charge in [-0.15, -0.1) is 0 Å². The van der Waals surface area contributed by atoms with Crippen LogP contribution in [-0.4, -0.2) is 39.8 Å². The zero-order chi connectivity index (χ0) is 18.2. The lowest BCUT2D eigenvalue weighted by Crippen LogP contribution is -2.21. The van der Waals surface area contributed by atoms with E-state index in [1.54, 1.807) is 24.3 Å². The first-order valence-corrected chi connectivity index (χ1v) is 7.41. The highest BCUT2D eigenvalue weighted by atomic mass is 16.5. The molecule has 0 atom stereocenters. The second-order valence-electron chi connectivity index (χ2n) is 4.90. The van der Waals surface area contributed by atoms with Gasteiger partial charge in [0.05, 0.1) is 26.9 Å². The number of esters is 1. The number of ether oxygens (including phenoxy) is 4. The Kier molecular flexibility index (Phi) is 6.22. The molecule has 7 nitrogen and oxygen atoms in total. The van der Waals surface area contributed by atoms with Crippen LogP contribution in [0.25, 0.3) is 0 Å². The zero-order valence-corrected chi connectivity index (χ0v) is 14.2. The first kappa shape index (κ1) is 18.1. The molecule has 0 aliphatic rings. The van der Waals surface area contributed by atoms with Gasteiger partial charge in [0.25, 0.3) is 5.91 Å². The smallest absolute Gasteiger partial charge is 0.338 e. The fraction of sp³-hybridized carbons (Fsp3) is 0.222. The molecule has 0 radical (unpaired) electrons. The molecular weight excluding hydrogens is 326 g/mol. The molecule has 0 saturated carbocycles. The SMILES string of the molecule is COc1cc(C(=O)OCC(=O)Nc2ccccc2)cc(OC)c1OC. The maximum Gasteiger partial charge on any atom is 0.338 e. The van der Waals surface area contributed by atoms with Gasteiger partial charge in [-0.3, -0.25) is 4.79 Å². The quantitative estimate of drug-likeness (QED) is 0.777. The summed E-state index contributed by atoms with van der Waals surface area (Å²) < 4.78 is 20.6. The molecule has 7 heteroatoms. The number of amides is 1. The van der Waals surface area contributed by atoms with Gasteiger partial charge in [-0.1, -0.05) is 18.2 Å². The minimum Gasteiger partial charge on any atom is -0.493 e. The van der Waals surface area contributed by atoms with E-state index in [9.17, 15) is 9.59 Å². The Labute approximate surface area is 145 Å². The zero-order valence-electron chi connectivity index (χ0n) is 14.2. The summed E-state index contributed by atoms with van der Waals surface area (Å²) in [6.07, 6.45) is 0. The molecule has 2 aromatic rings. The van der Waals surface area contributed by atoms with E-state index in [2.05, 4.69) is 5.32 Å². The second kappa shape index (κ2) is 8.58. The molecule has 0 aromatic heterocycles. The van der Waals surface area contributed by atoms with Gasteiger partial charge in [0, 0.05) is 5.69 Å². The Morgan fingerprint density at radius 3 is 2.04 bits per heavy atom. The van der Waals surface area contributed by atoms with Crippen molar-refractivity contribution >= 4 is 17.6 Å². The Bertz CT molecular complexity index is 719. The summed E-state index contributed by atoms with van der Waals surface area (Å²) in [5.41, 5.74) is 0.804. The first-order valence-electron chi connectivity index (χ1n) is 7.41. The van der Waals surface area contributed by atoms with Gasteiger partial charge in [-0.25, -0.2) is 4.79 Å². The fourth-order valence-electron chi connectivity index (χ4n) is 2.13. The number of anilines is 1. The van der Waals surface area contributed by atoms with Crippen LogP contribution in [-0.2, 0) is 9.53 Å². The topological polar surface area (TPSA) is 83.1 Å². The number of benzene rings is 2. The average molecular weight is 345 g/mol. The average Bonchev–Trinajstić information content (AvgIpc) is 2.65. The van der Waals surface area contributed by atoms with Crippen LogP contribution in [0.1, 0.15) is 10.4 Å². The largest absolute Gasteiger partial charge is 0.493 e. The summed E-state index contributed by atoms with van der Waals surface area (Å²) in [6, 6.07) is 11.8. The highest BCUT2D eigenvalue weighted by molar-refractivity contribution is 5.96. The van der Waals surface area contributed by atoms with Gasteiger partial charge < -0.3 is 24.3 Å². The summed E-state index contributed by atoms with van der Waals surface area (Å²) in [5, 5.41) is 2.63. The Morgan fingerprint density at radius 1 is 0.920 bits per heavy atom. The van der Waals surface area contributed by atoms with Crippen molar-refractivity contribution in [1.29, 1.82) is 0 Å². The molecule has 25 heavy (non-hydrogen) atoms. The van der Waals surface area contributed by atoms with E-state index in [0.717, 1.165) is 0 Å². The van der Waals surface area contributed by atoms with Crippen molar-refractivity contribution in [3.63, 3.8) is 0 Å². The van der Waals surface area contributed by atoms with Crippen LogP contribution >= 0.6 is 0 Å². The van der Waals surface area contributed by atoms with Crippen molar-refractivity contribution < 1.29 is 28.5 Å². The van der Waals surface area contributed by atoms with E-state index >= 15 is 0 Å². The van der Waals surface area contributed by atoms with E-state index in [1.165, 1.54) is 33.5 Å². The first-order chi connectivity index (χ1) is 12.1. The molecule has 0 aliphatic heterocycles. The van der Waals surface area contributed by atoms with Crippen molar-refractivity contribution in [2.45, 2.75) is 0 Å². The van der Waals surface area contributed by atoms with Crippen LogP contribution in [0.5, 0.6) is 17.2 Å². The standard InChI is InChI=1S/C18H19NO6/c1-22-14-9-12(10-15(23-2)17(14)24-3)18(21)25-11-16(20)19-13-7-5-4-6-8-13/h4-10H,11H2,1-3H3,(H,19,20). The number of rotatable bonds is 7. The molecule has 2 aromatic carbocycles. The van der Waals surface area contributed by atoms with Crippen LogP contribution in [0, 0.1) is 0 Å². The summed E-state index contributed by atoms with van der Waals surface area (Å²) in [6.45, 7) is -0.412. The molecule has 0 heterocycles. The molecule has 1 N–H and O–H groups in total. The van der Waals surface area contributed by atoms with E-state index < -0.39 is 18.5 Å². The van der Waals surface area contributed by atoms with E-state index in [0.29, 0.717) is 22.9 Å². The summed E-state index contributed by atoms with van der Waals surface area (Å²) in [5.74, 6) is -0.108. The molecule has 0 unspecified atom stereocenters. The Morgan fingerprint density at radius 2 is 1.52 bits per heavy atom. The molecule has 1 amide bonds. The number of nitrogens with one attached hydrogen (secondary N) is 1.